The largest absolute Gasteiger partial charge is 0.311 e. The Balaban J connectivity index is 1.57. The third-order valence-corrected chi connectivity index (χ3v) is 6.16. The minimum Gasteiger partial charge on any atom is -0.311 e. The van der Waals surface area contributed by atoms with E-state index >= 15 is 0 Å². The Kier molecular flexibility index (Phi) is 4.84. The van der Waals surface area contributed by atoms with Crippen molar-refractivity contribution in [2.24, 2.45) is 0 Å². The second-order valence-corrected chi connectivity index (χ2v) is 8.41. The number of nitrogens with one attached hydrogen (secondary N) is 1. The lowest BCUT2D eigenvalue weighted by Gasteiger charge is -2.10. The van der Waals surface area contributed by atoms with Crippen LogP contribution in [-0.2, 0) is 23.0 Å². The molecule has 0 amide bonds. The molecule has 3 aromatic rings. The fourth-order valence-electron chi connectivity index (χ4n) is 3.33. The van der Waals surface area contributed by atoms with Gasteiger partial charge in [0.1, 0.15) is 5.82 Å². The molecule has 2 aromatic carbocycles. The first-order valence-corrected chi connectivity index (χ1v) is 10.6. The summed E-state index contributed by atoms with van der Waals surface area (Å²) in [5.74, 6) is 1.82. The molecule has 0 saturated heterocycles. The predicted octanol–water partition coefficient (Wildman–Crippen LogP) is 3.34. The number of nitriles is 1. The van der Waals surface area contributed by atoms with Crippen LogP contribution in [0.5, 0.6) is 0 Å². The van der Waals surface area contributed by atoms with Gasteiger partial charge in [-0.3, -0.25) is 4.72 Å². The molecular formula is C20H19N5O2S. The summed E-state index contributed by atoms with van der Waals surface area (Å²) in [6, 6.07) is 15.0. The van der Waals surface area contributed by atoms with E-state index < -0.39 is 10.0 Å². The van der Waals surface area contributed by atoms with Gasteiger partial charge in [-0.25, -0.2) is 8.42 Å². The summed E-state index contributed by atoms with van der Waals surface area (Å²) in [5, 5.41) is 17.6. The van der Waals surface area contributed by atoms with Crippen LogP contribution in [0.2, 0.25) is 0 Å². The van der Waals surface area contributed by atoms with E-state index in [9.17, 15) is 8.42 Å². The maximum Gasteiger partial charge on any atom is 0.261 e. The van der Waals surface area contributed by atoms with Crippen LogP contribution < -0.4 is 4.72 Å². The summed E-state index contributed by atoms with van der Waals surface area (Å²) in [5.41, 5.74) is 1.64. The lowest BCUT2D eigenvalue weighted by Crippen LogP contribution is -2.13. The number of aromatic nitrogens is 3. The monoisotopic (exact) mass is 393 g/mol. The van der Waals surface area contributed by atoms with Gasteiger partial charge in [0.2, 0.25) is 0 Å². The van der Waals surface area contributed by atoms with E-state index in [1.807, 2.05) is 18.2 Å². The average Bonchev–Trinajstić information content (AvgIpc) is 2.96. The van der Waals surface area contributed by atoms with Crippen molar-refractivity contribution >= 4 is 15.7 Å². The Labute approximate surface area is 163 Å². The fourth-order valence-corrected chi connectivity index (χ4v) is 4.44. The number of hydrogen-bond donors (Lipinski definition) is 1. The molecular weight excluding hydrogens is 374 g/mol. The summed E-state index contributed by atoms with van der Waals surface area (Å²) in [4.78, 5) is 0.0541. The SMILES string of the molecule is N#Cc1cccc(S(=O)(=O)Nc2ccc(-c3nnc4n3CCCCC4)cc2)c1. The highest BCUT2D eigenvalue weighted by Gasteiger charge is 2.17. The van der Waals surface area contributed by atoms with Gasteiger partial charge in [0.15, 0.2) is 5.82 Å². The molecule has 8 heteroatoms. The van der Waals surface area contributed by atoms with E-state index in [1.165, 1.54) is 18.6 Å². The van der Waals surface area contributed by atoms with Crippen molar-refractivity contribution in [3.05, 3.63) is 59.9 Å². The fraction of sp³-hybridized carbons (Fsp3) is 0.250. The molecule has 1 aliphatic heterocycles. The number of aryl methyl sites for hydroxylation is 1. The van der Waals surface area contributed by atoms with Crippen LogP contribution in [0.1, 0.15) is 30.7 Å². The van der Waals surface area contributed by atoms with Gasteiger partial charge in [-0.1, -0.05) is 12.5 Å². The maximum atomic E-state index is 12.6. The van der Waals surface area contributed by atoms with Gasteiger partial charge in [0.05, 0.1) is 16.5 Å². The third kappa shape index (κ3) is 3.62. The highest BCUT2D eigenvalue weighted by molar-refractivity contribution is 7.92. The van der Waals surface area contributed by atoms with Crippen LogP contribution in [0.15, 0.2) is 53.4 Å². The first-order valence-electron chi connectivity index (χ1n) is 9.12. The van der Waals surface area contributed by atoms with E-state index in [2.05, 4.69) is 19.5 Å². The van der Waals surface area contributed by atoms with Crippen molar-refractivity contribution in [1.29, 1.82) is 5.26 Å². The van der Waals surface area contributed by atoms with Crippen LogP contribution in [0.25, 0.3) is 11.4 Å². The Morgan fingerprint density at radius 2 is 1.86 bits per heavy atom. The number of hydrogen-bond acceptors (Lipinski definition) is 5. The maximum absolute atomic E-state index is 12.6. The molecule has 1 N–H and O–H groups in total. The molecule has 28 heavy (non-hydrogen) atoms. The molecule has 2 heterocycles. The molecule has 0 bridgehead atoms. The molecule has 7 nitrogen and oxygen atoms in total. The lowest BCUT2D eigenvalue weighted by molar-refractivity contribution is 0.601. The quantitative estimate of drug-likeness (QED) is 0.733. The molecule has 1 aliphatic rings. The Morgan fingerprint density at radius 1 is 1.04 bits per heavy atom. The highest BCUT2D eigenvalue weighted by atomic mass is 32.2. The van der Waals surface area contributed by atoms with Crippen molar-refractivity contribution in [3.63, 3.8) is 0 Å². The summed E-state index contributed by atoms with van der Waals surface area (Å²) >= 11 is 0. The zero-order valence-corrected chi connectivity index (χ0v) is 16.0. The second-order valence-electron chi connectivity index (χ2n) is 6.72. The van der Waals surface area contributed by atoms with Gasteiger partial charge in [-0.05, 0) is 55.3 Å². The first-order chi connectivity index (χ1) is 13.6. The molecule has 0 aliphatic carbocycles. The Bertz CT molecular complexity index is 1140. The van der Waals surface area contributed by atoms with Crippen LogP contribution >= 0.6 is 0 Å². The predicted molar refractivity (Wildman–Crippen MR) is 105 cm³/mol. The smallest absolute Gasteiger partial charge is 0.261 e. The van der Waals surface area contributed by atoms with Crippen LogP contribution in [0.4, 0.5) is 5.69 Å². The minimum absolute atomic E-state index is 0.0541. The average molecular weight is 393 g/mol. The second kappa shape index (κ2) is 7.44. The third-order valence-electron chi connectivity index (χ3n) is 4.78. The summed E-state index contributed by atoms with van der Waals surface area (Å²) < 4.78 is 29.8. The number of benzene rings is 2. The Hall–Kier alpha value is -3.18. The molecule has 0 atom stereocenters. The summed E-state index contributed by atoms with van der Waals surface area (Å²) in [7, 11) is -3.77. The van der Waals surface area contributed by atoms with Crippen molar-refractivity contribution in [1.82, 2.24) is 14.8 Å². The van der Waals surface area contributed by atoms with E-state index in [0.717, 1.165) is 43.0 Å². The first kappa shape index (κ1) is 18.2. The molecule has 0 radical (unpaired) electrons. The summed E-state index contributed by atoms with van der Waals surface area (Å²) in [6.45, 7) is 0.904. The zero-order valence-electron chi connectivity index (χ0n) is 15.2. The van der Waals surface area contributed by atoms with Crippen molar-refractivity contribution in [2.45, 2.75) is 37.1 Å². The molecule has 0 fully saturated rings. The van der Waals surface area contributed by atoms with Crippen LogP contribution in [-0.4, -0.2) is 23.2 Å². The standard InChI is InChI=1S/C20H19N5O2S/c21-14-15-5-4-6-18(13-15)28(26,27)24-17-10-8-16(9-11-17)20-23-22-19-7-2-1-3-12-25(19)20/h4-6,8-11,13,24H,1-3,7,12H2. The van der Waals surface area contributed by atoms with E-state index in [-0.39, 0.29) is 4.90 Å². The van der Waals surface area contributed by atoms with Crippen molar-refractivity contribution < 1.29 is 8.42 Å². The van der Waals surface area contributed by atoms with Crippen molar-refractivity contribution in [3.8, 4) is 17.5 Å². The van der Waals surface area contributed by atoms with Gasteiger partial charge >= 0.3 is 0 Å². The topological polar surface area (TPSA) is 101 Å². The van der Waals surface area contributed by atoms with Crippen molar-refractivity contribution in [2.75, 3.05) is 4.72 Å². The summed E-state index contributed by atoms with van der Waals surface area (Å²) in [6.07, 6.45) is 4.37. The Morgan fingerprint density at radius 3 is 2.64 bits per heavy atom. The van der Waals surface area contributed by atoms with E-state index in [0.29, 0.717) is 11.3 Å². The molecule has 1 aromatic heterocycles. The number of fused-ring (bicyclic) bond motifs is 1. The number of nitrogens with zero attached hydrogens (tertiary/aromatic N) is 4. The zero-order chi connectivity index (χ0) is 19.6. The van der Waals surface area contributed by atoms with E-state index in [4.69, 9.17) is 5.26 Å². The highest BCUT2D eigenvalue weighted by Crippen LogP contribution is 2.25. The van der Waals surface area contributed by atoms with Gasteiger partial charge in [-0.2, -0.15) is 5.26 Å². The lowest BCUT2D eigenvalue weighted by atomic mass is 10.2. The van der Waals surface area contributed by atoms with E-state index in [1.54, 1.807) is 24.3 Å². The minimum atomic E-state index is -3.77. The van der Waals surface area contributed by atoms with Crippen LogP contribution in [0.3, 0.4) is 0 Å². The molecule has 142 valence electrons. The van der Waals surface area contributed by atoms with Gasteiger partial charge in [-0.15, -0.1) is 10.2 Å². The molecule has 0 saturated carbocycles. The molecule has 0 unspecified atom stereocenters. The van der Waals surface area contributed by atoms with Gasteiger partial charge in [0.25, 0.3) is 10.0 Å². The molecule has 0 spiro atoms. The number of rotatable bonds is 4. The normalized spacial score (nSPS) is 14.0. The molecule has 4 rings (SSSR count). The number of anilines is 1. The van der Waals surface area contributed by atoms with Gasteiger partial charge < -0.3 is 4.57 Å². The van der Waals surface area contributed by atoms with Gasteiger partial charge in [0, 0.05) is 24.2 Å². The number of sulfonamides is 1. The van der Waals surface area contributed by atoms with Crippen LogP contribution in [0, 0.1) is 11.3 Å².